The second-order valence-corrected chi connectivity index (χ2v) is 4.94. The van der Waals surface area contributed by atoms with E-state index in [2.05, 4.69) is 10.1 Å². The molecule has 0 aliphatic carbocycles. The van der Waals surface area contributed by atoms with Crippen LogP contribution in [0.25, 0.3) is 0 Å². The van der Waals surface area contributed by atoms with Gasteiger partial charge in [0, 0.05) is 14.2 Å². The number of methoxy groups -OCH3 is 1. The number of hydrogen-bond acceptors (Lipinski definition) is 4. The van der Waals surface area contributed by atoms with Crippen molar-refractivity contribution in [1.29, 1.82) is 0 Å². The summed E-state index contributed by atoms with van der Waals surface area (Å²) in [5, 5.41) is 2.58. The summed E-state index contributed by atoms with van der Waals surface area (Å²) in [6, 6.07) is 0. The number of amides is 1. The van der Waals surface area contributed by atoms with E-state index in [0.717, 1.165) is 0 Å². The third-order valence-corrected chi connectivity index (χ3v) is 3.32. The molecule has 12 heavy (non-hydrogen) atoms. The van der Waals surface area contributed by atoms with Crippen LogP contribution in [0.3, 0.4) is 0 Å². The maximum absolute atomic E-state index is 10.7. The highest BCUT2D eigenvalue weighted by Gasteiger charge is 2.21. The molecule has 1 N–H and O–H groups in total. The molecule has 0 aliphatic heterocycles. The Balaban J connectivity index is 3.83. The van der Waals surface area contributed by atoms with Gasteiger partial charge in [-0.2, -0.15) is 0 Å². The fourth-order valence-corrected chi connectivity index (χ4v) is 2.10. The number of ether oxygens (including phenoxy) is 1. The fraction of sp³-hybridized carbons (Fsp3) is 0.833. The molecule has 0 saturated carbocycles. The zero-order valence-corrected chi connectivity index (χ0v) is 8.94. The van der Waals surface area contributed by atoms with Crippen LogP contribution in [0, 0.1) is 0 Å². The van der Waals surface area contributed by atoms with Crippen molar-refractivity contribution in [2.45, 2.75) is 12.6 Å². The third kappa shape index (κ3) is 3.70. The van der Waals surface area contributed by atoms with E-state index in [1.54, 1.807) is 14.2 Å². The van der Waals surface area contributed by atoms with Crippen LogP contribution in [0.5, 0.6) is 0 Å². The fourth-order valence-electron chi connectivity index (χ4n) is 0.817. The summed E-state index contributed by atoms with van der Waals surface area (Å²) in [6.07, 6.45) is -0.464. The first kappa shape index (κ1) is 11.4. The minimum absolute atomic E-state index is 0.104. The predicted octanol–water partition coefficient (Wildman–Crippen LogP) is -0.217. The smallest absolute Gasteiger partial charge is 0.406 e. The summed E-state index contributed by atoms with van der Waals surface area (Å²) in [7, 11) is 2.68. The van der Waals surface area contributed by atoms with E-state index < -0.39 is 15.4 Å². The molecule has 0 fully saturated rings. The van der Waals surface area contributed by atoms with Crippen LogP contribution in [-0.2, 0) is 13.6 Å². The summed E-state index contributed by atoms with van der Waals surface area (Å²) in [6.45, 7) is 1.82. The van der Waals surface area contributed by atoms with Crippen molar-refractivity contribution < 1.29 is 18.4 Å². The standard InChI is InChI=1S/C6H15NO4Si/c1-5(7-6(8)9-2)12(10-3)11-4/h5,12H,1-4H3,(H,7,8). The van der Waals surface area contributed by atoms with E-state index in [1.807, 2.05) is 6.92 Å². The minimum Gasteiger partial charge on any atom is -0.453 e. The Hall–Kier alpha value is -0.593. The Labute approximate surface area is 73.8 Å². The average Bonchev–Trinajstić information content (AvgIpc) is 2.06. The molecule has 0 saturated heterocycles. The Morgan fingerprint density at radius 3 is 2.17 bits per heavy atom. The lowest BCUT2D eigenvalue weighted by Gasteiger charge is -2.18. The van der Waals surface area contributed by atoms with Gasteiger partial charge in [-0.25, -0.2) is 4.79 Å². The van der Waals surface area contributed by atoms with Crippen molar-refractivity contribution in [2.24, 2.45) is 0 Å². The van der Waals surface area contributed by atoms with Gasteiger partial charge in [0.15, 0.2) is 0 Å². The Bertz CT molecular complexity index is 140. The first-order valence-corrected chi connectivity index (χ1v) is 5.16. The molecule has 1 amide bonds. The third-order valence-electron chi connectivity index (χ3n) is 1.40. The monoisotopic (exact) mass is 193 g/mol. The van der Waals surface area contributed by atoms with Crippen LogP contribution < -0.4 is 5.32 Å². The number of carbonyl (C=O) groups excluding carboxylic acids is 1. The largest absolute Gasteiger partial charge is 0.453 e. The molecule has 0 rings (SSSR count). The normalized spacial score (nSPS) is 12.8. The number of nitrogens with one attached hydrogen (secondary N) is 1. The van der Waals surface area contributed by atoms with E-state index in [0.29, 0.717) is 0 Å². The molecule has 0 aromatic carbocycles. The Kier molecular flexibility index (Phi) is 5.69. The van der Waals surface area contributed by atoms with Gasteiger partial charge < -0.3 is 18.9 Å². The second kappa shape index (κ2) is 5.98. The van der Waals surface area contributed by atoms with Crippen LogP contribution in [0.1, 0.15) is 6.92 Å². The number of rotatable bonds is 4. The van der Waals surface area contributed by atoms with Crippen LogP contribution in [-0.4, -0.2) is 42.4 Å². The molecular weight excluding hydrogens is 178 g/mol. The molecule has 6 heteroatoms. The quantitative estimate of drug-likeness (QED) is 0.627. The molecule has 0 aromatic heterocycles. The van der Waals surface area contributed by atoms with Crippen LogP contribution in [0.2, 0.25) is 0 Å². The second-order valence-electron chi connectivity index (χ2n) is 2.26. The average molecular weight is 193 g/mol. The van der Waals surface area contributed by atoms with Gasteiger partial charge in [0.05, 0.1) is 12.8 Å². The molecule has 1 unspecified atom stereocenters. The zero-order valence-electron chi connectivity index (χ0n) is 7.79. The molecule has 0 heterocycles. The van der Waals surface area contributed by atoms with Gasteiger partial charge in [-0.3, -0.25) is 0 Å². The van der Waals surface area contributed by atoms with Crippen LogP contribution >= 0.6 is 0 Å². The highest BCUT2D eigenvalue weighted by molar-refractivity contribution is 6.46. The Morgan fingerprint density at radius 2 is 1.83 bits per heavy atom. The van der Waals surface area contributed by atoms with Gasteiger partial charge in [0.1, 0.15) is 0 Å². The van der Waals surface area contributed by atoms with Crippen molar-refractivity contribution in [3.05, 3.63) is 0 Å². The maximum Gasteiger partial charge on any atom is 0.406 e. The molecule has 0 bridgehead atoms. The molecular formula is C6H15NO4Si. The lowest BCUT2D eigenvalue weighted by molar-refractivity contribution is 0.166. The molecule has 1 atom stereocenters. The molecule has 0 aliphatic rings. The van der Waals surface area contributed by atoms with Crippen LogP contribution in [0.4, 0.5) is 4.79 Å². The number of carbonyl (C=O) groups is 1. The van der Waals surface area contributed by atoms with E-state index in [-0.39, 0.29) is 5.67 Å². The van der Waals surface area contributed by atoms with Gasteiger partial charge in [0.2, 0.25) is 0 Å². The summed E-state index contributed by atoms with van der Waals surface area (Å²) in [4.78, 5) is 10.7. The summed E-state index contributed by atoms with van der Waals surface area (Å²) < 4.78 is 14.5. The van der Waals surface area contributed by atoms with Crippen molar-refractivity contribution in [2.75, 3.05) is 21.3 Å². The van der Waals surface area contributed by atoms with Gasteiger partial charge in [0.25, 0.3) is 0 Å². The molecule has 0 aromatic rings. The van der Waals surface area contributed by atoms with E-state index in [9.17, 15) is 4.79 Å². The van der Waals surface area contributed by atoms with Crippen molar-refractivity contribution in [1.82, 2.24) is 5.32 Å². The highest BCUT2D eigenvalue weighted by atomic mass is 28.3. The molecule has 5 nitrogen and oxygen atoms in total. The lowest BCUT2D eigenvalue weighted by Crippen LogP contribution is -2.46. The van der Waals surface area contributed by atoms with Gasteiger partial charge in [-0.1, -0.05) is 0 Å². The lowest BCUT2D eigenvalue weighted by atomic mass is 10.7. The van der Waals surface area contributed by atoms with Crippen molar-refractivity contribution in [3.8, 4) is 0 Å². The minimum atomic E-state index is -1.77. The van der Waals surface area contributed by atoms with Crippen LogP contribution in [0.15, 0.2) is 0 Å². The van der Waals surface area contributed by atoms with Gasteiger partial charge >= 0.3 is 15.4 Å². The van der Waals surface area contributed by atoms with E-state index in [1.165, 1.54) is 7.11 Å². The molecule has 72 valence electrons. The Morgan fingerprint density at radius 1 is 1.33 bits per heavy atom. The van der Waals surface area contributed by atoms with Gasteiger partial charge in [-0.15, -0.1) is 0 Å². The molecule has 0 spiro atoms. The maximum atomic E-state index is 10.7. The number of hydrogen-bond donors (Lipinski definition) is 1. The van der Waals surface area contributed by atoms with Gasteiger partial charge in [-0.05, 0) is 6.92 Å². The zero-order chi connectivity index (χ0) is 9.56. The van der Waals surface area contributed by atoms with E-state index >= 15 is 0 Å². The van der Waals surface area contributed by atoms with Crippen molar-refractivity contribution >= 4 is 15.4 Å². The number of alkyl carbamates (subject to hydrolysis) is 1. The summed E-state index contributed by atoms with van der Waals surface area (Å²) in [5.74, 6) is 0. The highest BCUT2D eigenvalue weighted by Crippen LogP contribution is 1.93. The molecule has 0 radical (unpaired) electrons. The first-order chi connectivity index (χ1) is 5.65. The topological polar surface area (TPSA) is 56.8 Å². The SMILES string of the molecule is COC(=O)NC(C)[SiH](OC)OC. The van der Waals surface area contributed by atoms with E-state index in [4.69, 9.17) is 8.85 Å². The first-order valence-electron chi connectivity index (χ1n) is 3.55. The summed E-state index contributed by atoms with van der Waals surface area (Å²) >= 11 is 0. The van der Waals surface area contributed by atoms with Crippen molar-refractivity contribution in [3.63, 3.8) is 0 Å². The predicted molar refractivity (Wildman–Crippen MR) is 46.2 cm³/mol. The summed E-state index contributed by atoms with van der Waals surface area (Å²) in [5.41, 5.74) is -0.104.